The Kier molecular flexibility index (Phi) is 21.8. The van der Waals surface area contributed by atoms with Gasteiger partial charge in [-0.05, 0) is 67.3 Å². The highest BCUT2D eigenvalue weighted by Gasteiger charge is 2.40. The van der Waals surface area contributed by atoms with Crippen molar-refractivity contribution < 1.29 is 60.2 Å². The molecule has 1 aromatic carbocycles. The zero-order chi connectivity index (χ0) is 53.1. The number of primary amides is 3. The van der Waals surface area contributed by atoms with Gasteiger partial charge in [0.05, 0.1) is 22.8 Å². The van der Waals surface area contributed by atoms with E-state index in [1.54, 1.807) is 13.8 Å². The van der Waals surface area contributed by atoms with Gasteiger partial charge in [-0.25, -0.2) is 0 Å². The quantitative estimate of drug-likeness (QED) is 0.0728. The first-order valence-electron chi connectivity index (χ1n) is 23.9. The lowest BCUT2D eigenvalue weighted by Crippen LogP contribution is -2.61. The second kappa shape index (κ2) is 28.1. The molecule has 2 aliphatic heterocycles. The van der Waals surface area contributed by atoms with Crippen molar-refractivity contribution in [2.24, 2.45) is 29.0 Å². The third-order valence-corrected chi connectivity index (χ3v) is 12.6. The molecule has 2 saturated heterocycles. The number of carbonyl (C=O) groups is 11. The molecule has 1 aromatic rings. The Morgan fingerprint density at radius 2 is 1.51 bits per heavy atom. The fraction of sp³-hybridized carbons (Fsp3) is 0.622. The number of nitrogens with zero attached hydrogens (tertiary/aromatic N) is 1. The number of hydrogen-bond acceptors (Lipinski definition) is 13. The van der Waals surface area contributed by atoms with Crippen LogP contribution in [-0.4, -0.2) is 144 Å². The van der Waals surface area contributed by atoms with Crippen molar-refractivity contribution in [1.82, 2.24) is 42.1 Å². The van der Waals surface area contributed by atoms with E-state index < -0.39 is 139 Å². The Labute approximate surface area is 408 Å². The van der Waals surface area contributed by atoms with E-state index in [2.05, 4.69) is 37.2 Å². The largest absolute Gasteiger partial charge is 0.497 e. The highest BCUT2D eigenvalue weighted by atomic mass is 32.2. The maximum Gasteiger partial charge on any atom is 0.246 e. The average molecular weight is 990 g/mol. The summed E-state index contributed by atoms with van der Waals surface area (Å²) in [6.07, 6.45) is -0.749. The van der Waals surface area contributed by atoms with Gasteiger partial charge in [-0.2, -0.15) is 11.8 Å². The van der Waals surface area contributed by atoms with E-state index in [0.29, 0.717) is 18.4 Å². The monoisotopic (exact) mass is 989 g/mol. The number of carbonyl (C=O) groups excluding carboxylic acids is 11. The molecule has 23 nitrogen and oxygen atoms in total. The minimum absolute atomic E-state index is 0.00883. The standard InChI is InChI=1S/C45H69N11O12S/c1-6-25(4)38-44(66)51-28(15-16-34(46)57)40(62)52-31(21-35(47)58)41(63)54-32(23-69-18-8-10-37(60)50-30(42(64)55-38)20-26-11-13-27(68-5)14-12-26)45(67)56-17-7-9-33(56)43(65)53-29(19-24(2)3)39(61)49-22-36(48)59/h11-14,24-25,28-33,38H,6-10,15-23H2,1-5H3,(H2,46,57)(H2,47,58)(H2,48,59)(H,49,61)(H,50,60)(H,51,66)(H,52,62)(H,53,65)(H,54,63)(H,55,64)/i13D,14D. The van der Waals surface area contributed by atoms with Crippen molar-refractivity contribution in [3.63, 3.8) is 0 Å². The van der Waals surface area contributed by atoms with Crippen LogP contribution in [0.4, 0.5) is 0 Å². The van der Waals surface area contributed by atoms with Gasteiger partial charge in [0, 0.05) is 31.6 Å². The van der Waals surface area contributed by atoms with Gasteiger partial charge in [0.1, 0.15) is 48.0 Å². The highest BCUT2D eigenvalue weighted by Crippen LogP contribution is 2.22. The van der Waals surface area contributed by atoms with Crippen LogP contribution in [0, 0.1) is 11.8 Å². The zero-order valence-corrected chi connectivity index (χ0v) is 40.6. The Balaban J connectivity index is 2.05. The van der Waals surface area contributed by atoms with E-state index in [0.717, 1.165) is 11.8 Å². The molecule has 0 aromatic heterocycles. The van der Waals surface area contributed by atoms with Crippen LogP contribution in [0.5, 0.6) is 5.75 Å². The summed E-state index contributed by atoms with van der Waals surface area (Å²) >= 11 is 1.15. The first-order valence-corrected chi connectivity index (χ1v) is 24.1. The molecule has 11 amide bonds. The molecule has 0 spiro atoms. The van der Waals surface area contributed by atoms with Crippen LogP contribution in [0.15, 0.2) is 24.2 Å². The molecular weight excluding hydrogens is 919 g/mol. The molecule has 0 bridgehead atoms. The molecule has 2 fully saturated rings. The van der Waals surface area contributed by atoms with Crippen LogP contribution < -0.4 is 59.2 Å². The van der Waals surface area contributed by atoms with Gasteiger partial charge in [0.25, 0.3) is 0 Å². The number of rotatable bonds is 18. The summed E-state index contributed by atoms with van der Waals surface area (Å²) in [6.45, 7) is 6.62. The summed E-state index contributed by atoms with van der Waals surface area (Å²) in [5.41, 5.74) is 16.4. The van der Waals surface area contributed by atoms with Crippen LogP contribution >= 0.6 is 11.8 Å². The van der Waals surface area contributed by atoms with Crippen molar-refractivity contribution in [3.8, 4) is 5.75 Å². The van der Waals surface area contributed by atoms with E-state index in [9.17, 15) is 52.7 Å². The van der Waals surface area contributed by atoms with Crippen molar-refractivity contribution >= 4 is 76.7 Å². The topological polar surface area (TPSA) is 363 Å². The Morgan fingerprint density at radius 1 is 0.855 bits per heavy atom. The number of nitrogens with one attached hydrogen (secondary N) is 7. The molecule has 382 valence electrons. The van der Waals surface area contributed by atoms with Crippen molar-refractivity contribution in [3.05, 3.63) is 29.8 Å². The van der Waals surface area contributed by atoms with Crippen LogP contribution in [0.2, 0.25) is 0 Å². The predicted molar refractivity (Wildman–Crippen MR) is 253 cm³/mol. The molecule has 3 rings (SSSR count). The smallest absolute Gasteiger partial charge is 0.246 e. The summed E-state index contributed by atoms with van der Waals surface area (Å²) in [6, 6.07) is -7.18. The van der Waals surface area contributed by atoms with Crippen LogP contribution in [0.1, 0.15) is 93.8 Å². The number of ether oxygens (including phenoxy) is 1. The molecule has 0 saturated carbocycles. The van der Waals surface area contributed by atoms with E-state index in [4.69, 9.17) is 24.7 Å². The minimum Gasteiger partial charge on any atom is -0.497 e. The number of methoxy groups -OCH3 is 1. The molecule has 69 heavy (non-hydrogen) atoms. The minimum atomic E-state index is -1.74. The highest BCUT2D eigenvalue weighted by molar-refractivity contribution is 7.99. The molecule has 0 aliphatic carbocycles. The van der Waals surface area contributed by atoms with Gasteiger partial charge in [0.2, 0.25) is 65.0 Å². The first-order chi connectivity index (χ1) is 33.4. The van der Waals surface area contributed by atoms with Crippen LogP contribution in [0.25, 0.3) is 0 Å². The number of nitrogens with two attached hydrogens (primary N) is 3. The number of thioether (sulfide) groups is 1. The maximum absolute atomic E-state index is 14.5. The van der Waals surface area contributed by atoms with Crippen LogP contribution in [-0.2, 0) is 59.2 Å². The zero-order valence-electron chi connectivity index (χ0n) is 41.7. The summed E-state index contributed by atoms with van der Waals surface area (Å²) in [5, 5.41) is 17.9. The number of amides is 11. The van der Waals surface area contributed by atoms with Gasteiger partial charge < -0.3 is 64.1 Å². The van der Waals surface area contributed by atoms with Gasteiger partial charge in [-0.3, -0.25) is 52.7 Å². The SMILES string of the molecule is [2H]c1cc(CC2NC(=O)CCCSCC(C(=O)N3CCCC3C(=O)NC(CC(C)C)C(=O)NCC(N)=O)NC(=O)C(CC(N)=O)NC(=O)C(CCC(N)=O)NC(=O)C(C(C)CC)NC2=O)cc([2H])c1OC. The molecule has 13 N–H and O–H groups in total. The number of benzene rings is 1. The molecule has 0 radical (unpaired) electrons. The molecule has 2 aliphatic rings. The van der Waals surface area contributed by atoms with Crippen molar-refractivity contribution in [1.29, 1.82) is 0 Å². The van der Waals surface area contributed by atoms with E-state index in [1.807, 2.05) is 13.8 Å². The molecule has 8 unspecified atom stereocenters. The molecule has 24 heteroatoms. The van der Waals surface area contributed by atoms with Crippen molar-refractivity contribution in [2.45, 2.75) is 134 Å². The maximum atomic E-state index is 14.5. The number of likely N-dealkylation sites (tertiary alicyclic amines) is 1. The lowest BCUT2D eigenvalue weighted by Gasteiger charge is -2.31. The first kappa shape index (κ1) is 53.5. The van der Waals surface area contributed by atoms with Gasteiger partial charge in [-0.15, -0.1) is 0 Å². The van der Waals surface area contributed by atoms with E-state index >= 15 is 0 Å². The summed E-state index contributed by atoms with van der Waals surface area (Å²) in [5.74, 6) is -9.77. The van der Waals surface area contributed by atoms with Gasteiger partial charge >= 0.3 is 0 Å². The second-order valence-electron chi connectivity index (χ2n) is 17.5. The molecule has 8 atom stereocenters. The molecular formula is C45H69N11O12S. The third kappa shape index (κ3) is 18.9. The molecule has 2 heterocycles. The van der Waals surface area contributed by atoms with E-state index in [1.165, 1.54) is 24.1 Å². The normalized spacial score (nSPS) is 23.6. The van der Waals surface area contributed by atoms with Crippen molar-refractivity contribution in [2.75, 3.05) is 31.7 Å². The average Bonchev–Trinajstić information content (AvgIpc) is 3.79. The lowest BCUT2D eigenvalue weighted by molar-refractivity contribution is -0.142. The second-order valence-corrected chi connectivity index (χ2v) is 18.6. The van der Waals surface area contributed by atoms with Crippen LogP contribution in [0.3, 0.4) is 0 Å². The third-order valence-electron chi connectivity index (χ3n) is 11.4. The lowest BCUT2D eigenvalue weighted by atomic mass is 9.96. The fourth-order valence-corrected chi connectivity index (χ4v) is 8.53. The predicted octanol–water partition coefficient (Wildman–Crippen LogP) is -2.50. The van der Waals surface area contributed by atoms with E-state index in [-0.39, 0.29) is 73.9 Å². The Hall–Kier alpha value is -6.46. The van der Waals surface area contributed by atoms with Gasteiger partial charge in [0.15, 0.2) is 0 Å². The number of hydrogen-bond donors (Lipinski definition) is 10. The summed E-state index contributed by atoms with van der Waals surface area (Å²) in [7, 11) is 1.30. The summed E-state index contributed by atoms with van der Waals surface area (Å²) in [4.78, 5) is 148. The summed E-state index contributed by atoms with van der Waals surface area (Å²) < 4.78 is 21.8. The Bertz CT molecular complexity index is 2130. The fourth-order valence-electron chi connectivity index (χ4n) is 7.56. The van der Waals surface area contributed by atoms with Gasteiger partial charge in [-0.1, -0.05) is 46.2 Å². The Morgan fingerprint density at radius 3 is 2.12 bits per heavy atom.